The second kappa shape index (κ2) is 7.86. The van der Waals surface area contributed by atoms with E-state index in [2.05, 4.69) is 53.9 Å². The second-order valence-corrected chi connectivity index (χ2v) is 9.55. The maximum Gasteiger partial charge on any atom is 0.106 e. The van der Waals surface area contributed by atoms with Gasteiger partial charge in [0.15, 0.2) is 0 Å². The Morgan fingerprint density at radius 3 is 2.52 bits per heavy atom. The third-order valence-electron chi connectivity index (χ3n) is 5.78. The van der Waals surface area contributed by atoms with Gasteiger partial charge in [-0.15, -0.1) is 0 Å². The molecule has 1 aliphatic carbocycles. The zero-order valence-corrected chi connectivity index (χ0v) is 18.0. The van der Waals surface area contributed by atoms with Crippen LogP contribution in [0.15, 0.2) is 41.5 Å². The molecule has 138 valence electrons. The smallest absolute Gasteiger partial charge is 0.106 e. The number of allylic oxidation sites excluding steroid dienone is 3. The van der Waals surface area contributed by atoms with E-state index < -0.39 is 0 Å². The highest BCUT2D eigenvalue weighted by Crippen LogP contribution is 2.40. The molecule has 2 rings (SSSR count). The van der Waals surface area contributed by atoms with E-state index in [0.717, 1.165) is 21.6 Å². The van der Waals surface area contributed by atoms with Gasteiger partial charge in [-0.1, -0.05) is 54.8 Å². The van der Waals surface area contributed by atoms with Crippen LogP contribution < -0.4 is 0 Å². The van der Waals surface area contributed by atoms with Gasteiger partial charge in [-0.05, 0) is 62.3 Å². The van der Waals surface area contributed by atoms with Crippen molar-refractivity contribution in [2.45, 2.75) is 59.5 Å². The highest BCUT2D eigenvalue weighted by molar-refractivity contribution is 6.35. The molecule has 0 radical (unpaired) electrons. The minimum Gasteiger partial charge on any atom is -0.319 e. The Labute approximate surface area is 163 Å². The number of rotatable bonds is 5. The predicted octanol–water partition coefficient (Wildman–Crippen LogP) is 7.04. The zero-order chi connectivity index (χ0) is 18.8. The molecule has 25 heavy (non-hydrogen) atoms. The van der Waals surface area contributed by atoms with Gasteiger partial charge in [-0.25, -0.2) is 0 Å². The average Bonchev–Trinajstić information content (AvgIpc) is 2.48. The molecule has 0 saturated heterocycles. The molecule has 1 nitrogen and oxygen atoms in total. The van der Waals surface area contributed by atoms with Crippen LogP contribution >= 0.6 is 23.2 Å². The van der Waals surface area contributed by atoms with Crippen LogP contribution in [0.25, 0.3) is 0 Å². The van der Waals surface area contributed by atoms with E-state index in [1.165, 1.54) is 24.8 Å². The van der Waals surface area contributed by atoms with E-state index in [1.807, 2.05) is 18.2 Å². The van der Waals surface area contributed by atoms with Crippen molar-refractivity contribution in [2.75, 3.05) is 14.1 Å². The van der Waals surface area contributed by atoms with Gasteiger partial charge in [0.2, 0.25) is 0 Å². The van der Waals surface area contributed by atoms with Gasteiger partial charge in [0.25, 0.3) is 0 Å². The Balaban J connectivity index is 2.16. The standard InChI is InChI=1S/C22H32Cl2N/c1-16-8-7-13-22(3,4)20(16)12-9-17(2)25(5,6)15-18-10-11-19(23)14-21(18)24/h9-12,14,17H,7-8,13,15H2,1-6H3/q+1/b12-9+. The minimum atomic E-state index is 0.287. The second-order valence-electron chi connectivity index (χ2n) is 8.70. The van der Waals surface area contributed by atoms with Crippen LogP contribution in [0.4, 0.5) is 0 Å². The number of halogens is 2. The van der Waals surface area contributed by atoms with E-state index in [9.17, 15) is 0 Å². The first-order valence-electron chi connectivity index (χ1n) is 9.18. The van der Waals surface area contributed by atoms with Crippen molar-refractivity contribution in [1.29, 1.82) is 0 Å². The predicted molar refractivity (Wildman–Crippen MR) is 111 cm³/mol. The first kappa shape index (κ1) is 20.6. The molecule has 1 atom stereocenters. The maximum absolute atomic E-state index is 6.38. The molecule has 0 aliphatic heterocycles. The molecule has 0 heterocycles. The molecular weight excluding hydrogens is 349 g/mol. The van der Waals surface area contributed by atoms with E-state index in [4.69, 9.17) is 23.2 Å². The first-order chi connectivity index (χ1) is 11.5. The summed E-state index contributed by atoms with van der Waals surface area (Å²) in [5.74, 6) is 0. The third kappa shape index (κ3) is 5.12. The summed E-state index contributed by atoms with van der Waals surface area (Å²) in [5, 5.41) is 1.44. The number of benzene rings is 1. The van der Waals surface area contributed by atoms with Gasteiger partial charge in [0, 0.05) is 10.6 Å². The quantitative estimate of drug-likeness (QED) is 0.480. The van der Waals surface area contributed by atoms with Crippen molar-refractivity contribution in [1.82, 2.24) is 0 Å². The highest BCUT2D eigenvalue weighted by Gasteiger charge is 2.28. The fourth-order valence-corrected chi connectivity index (χ4v) is 4.18. The Hall–Kier alpha value is -0.760. The van der Waals surface area contributed by atoms with Gasteiger partial charge in [-0.2, -0.15) is 0 Å². The van der Waals surface area contributed by atoms with Crippen LogP contribution in [-0.4, -0.2) is 24.6 Å². The van der Waals surface area contributed by atoms with Crippen molar-refractivity contribution in [3.8, 4) is 0 Å². The number of hydrogen-bond acceptors (Lipinski definition) is 0. The van der Waals surface area contributed by atoms with Crippen molar-refractivity contribution in [3.05, 3.63) is 57.1 Å². The van der Waals surface area contributed by atoms with Crippen LogP contribution in [0.1, 0.15) is 52.5 Å². The molecular formula is C22H32Cl2N+. The summed E-state index contributed by atoms with van der Waals surface area (Å²) in [4.78, 5) is 0. The van der Waals surface area contributed by atoms with Crippen LogP contribution in [0.5, 0.6) is 0 Å². The van der Waals surface area contributed by atoms with Crippen LogP contribution in [0.2, 0.25) is 10.0 Å². The number of quaternary nitrogens is 1. The lowest BCUT2D eigenvalue weighted by Gasteiger charge is -2.36. The van der Waals surface area contributed by atoms with Crippen molar-refractivity contribution < 1.29 is 4.48 Å². The third-order valence-corrected chi connectivity index (χ3v) is 6.37. The van der Waals surface area contributed by atoms with Gasteiger partial charge < -0.3 is 4.48 Å². The summed E-state index contributed by atoms with van der Waals surface area (Å²) in [6.45, 7) is 10.2. The zero-order valence-electron chi connectivity index (χ0n) is 16.5. The summed E-state index contributed by atoms with van der Waals surface area (Å²) in [6.07, 6.45) is 8.56. The van der Waals surface area contributed by atoms with Crippen LogP contribution in [0, 0.1) is 5.41 Å². The van der Waals surface area contributed by atoms with E-state index >= 15 is 0 Å². The number of nitrogens with zero attached hydrogens (tertiary/aromatic N) is 1. The molecule has 1 aromatic carbocycles. The van der Waals surface area contributed by atoms with Crippen molar-refractivity contribution in [2.24, 2.45) is 5.41 Å². The molecule has 0 amide bonds. The summed E-state index contributed by atoms with van der Waals surface area (Å²) in [7, 11) is 4.51. The fraction of sp³-hybridized carbons (Fsp3) is 0.545. The first-order valence-corrected chi connectivity index (χ1v) is 9.93. The topological polar surface area (TPSA) is 0 Å². The molecule has 0 spiro atoms. The minimum absolute atomic E-state index is 0.287. The molecule has 3 heteroatoms. The van der Waals surface area contributed by atoms with Gasteiger partial charge in [0.1, 0.15) is 12.6 Å². The van der Waals surface area contributed by atoms with Crippen molar-refractivity contribution >= 4 is 23.2 Å². The molecule has 1 unspecified atom stereocenters. The summed E-state index contributed by atoms with van der Waals surface area (Å²) < 4.78 is 0.852. The lowest BCUT2D eigenvalue weighted by molar-refractivity contribution is -0.919. The molecule has 1 aromatic rings. The average molecular weight is 381 g/mol. The molecule has 0 saturated carbocycles. The summed E-state index contributed by atoms with van der Waals surface area (Å²) in [6, 6.07) is 6.18. The molecule has 0 aromatic heterocycles. The largest absolute Gasteiger partial charge is 0.319 e. The highest BCUT2D eigenvalue weighted by atomic mass is 35.5. The lowest BCUT2D eigenvalue weighted by Crippen LogP contribution is -2.45. The van der Waals surface area contributed by atoms with Gasteiger partial charge >= 0.3 is 0 Å². The molecule has 0 N–H and O–H groups in total. The Bertz CT molecular complexity index is 683. The monoisotopic (exact) mass is 380 g/mol. The van der Waals surface area contributed by atoms with E-state index in [-0.39, 0.29) is 5.41 Å². The van der Waals surface area contributed by atoms with Gasteiger partial charge in [0.05, 0.1) is 19.1 Å². The maximum atomic E-state index is 6.38. The molecule has 0 fully saturated rings. The normalized spacial score (nSPS) is 19.5. The lowest BCUT2D eigenvalue weighted by atomic mass is 9.72. The Morgan fingerprint density at radius 2 is 1.92 bits per heavy atom. The van der Waals surface area contributed by atoms with Crippen molar-refractivity contribution in [3.63, 3.8) is 0 Å². The van der Waals surface area contributed by atoms with Crippen LogP contribution in [0.3, 0.4) is 0 Å². The molecule has 0 bridgehead atoms. The van der Waals surface area contributed by atoms with Gasteiger partial charge in [-0.3, -0.25) is 0 Å². The Kier molecular flexibility index (Phi) is 6.46. The Morgan fingerprint density at radius 1 is 1.24 bits per heavy atom. The molecule has 1 aliphatic rings. The van der Waals surface area contributed by atoms with E-state index in [0.29, 0.717) is 11.1 Å². The van der Waals surface area contributed by atoms with Crippen LogP contribution in [-0.2, 0) is 6.54 Å². The fourth-order valence-electron chi connectivity index (χ4n) is 3.71. The summed E-state index contributed by atoms with van der Waals surface area (Å²) >= 11 is 12.4. The number of likely N-dealkylation sites (N-methyl/N-ethyl adjacent to an activating group) is 1. The number of hydrogen-bond donors (Lipinski definition) is 0. The SMILES string of the molecule is CC1=C(/C=C/C(C)[N+](C)(C)Cc2ccc(Cl)cc2Cl)C(C)(C)CCC1. The summed E-state index contributed by atoms with van der Waals surface area (Å²) in [5.41, 5.74) is 4.50. The van der Waals surface area contributed by atoms with E-state index in [1.54, 1.807) is 5.57 Å².